The zero-order chi connectivity index (χ0) is 67.5. The summed E-state index contributed by atoms with van der Waals surface area (Å²) in [6, 6.07) is 40.1. The minimum atomic E-state index is -2.29. The van der Waals surface area contributed by atoms with Crippen LogP contribution in [0.5, 0.6) is 5.75 Å². The van der Waals surface area contributed by atoms with Gasteiger partial charge >= 0.3 is 0 Å². The molecule has 8 nitrogen and oxygen atoms in total. The zero-order valence-electron chi connectivity index (χ0n) is 61.7. The Morgan fingerprint density at radius 1 is 0.511 bits per heavy atom. The summed E-state index contributed by atoms with van der Waals surface area (Å²) in [4.78, 5) is 0. The molecule has 0 aliphatic carbocycles. The van der Waals surface area contributed by atoms with Gasteiger partial charge < -0.3 is 36.7 Å². The van der Waals surface area contributed by atoms with Gasteiger partial charge in [-0.25, -0.2) is 0 Å². The molecule has 504 valence electrons. The summed E-state index contributed by atoms with van der Waals surface area (Å²) >= 11 is 0. The summed E-state index contributed by atoms with van der Waals surface area (Å²) in [6.07, 6.45) is 12.6. The van der Waals surface area contributed by atoms with Gasteiger partial charge in [0.05, 0.1) is 50.8 Å². The summed E-state index contributed by atoms with van der Waals surface area (Å²) in [6.45, 7) is 62.8. The first-order valence-electron chi connectivity index (χ1n) is 34.3. The van der Waals surface area contributed by atoms with Crippen molar-refractivity contribution in [2.24, 2.45) is 35.5 Å². The fourth-order valence-electron chi connectivity index (χ4n) is 11.6. The molecule has 90 heavy (non-hydrogen) atoms. The number of rotatable bonds is 31. The molecule has 1 unspecified atom stereocenters. The Bertz CT molecular complexity index is 2690. The Kier molecular flexibility index (Phi) is 27.5. The van der Waals surface area contributed by atoms with Gasteiger partial charge in [-0.1, -0.05) is 252 Å². The van der Waals surface area contributed by atoms with Crippen LogP contribution in [0, 0.1) is 35.5 Å². The second kappa shape index (κ2) is 32.0. The molecule has 12 heteroatoms. The van der Waals surface area contributed by atoms with E-state index in [4.69, 9.17) is 36.7 Å². The van der Waals surface area contributed by atoms with Crippen LogP contribution in [0.2, 0.25) is 72.5 Å². The summed E-state index contributed by atoms with van der Waals surface area (Å²) in [5.41, 5.74) is 3.47. The Hall–Kier alpha value is -3.25. The van der Waals surface area contributed by atoms with Crippen molar-refractivity contribution in [2.45, 2.75) is 265 Å². The Morgan fingerprint density at radius 3 is 1.41 bits per heavy atom. The standard InChI is InChI=1S/C78H128O8Si4/c1-57(45-52-69(84-88(22,23)75(10,11)12)62(6)72-61(5)56-80-73(82-72)63-47-50-67(79-19)51-48-63)54-60(4)71(86-90(26,27)77(16,17)18)59(3)46-49-68(83-87(20,21)74(7,8)9)55-70(85-89(24,25)76(13,14)15)58(2)38-37-53-81-78(64-39-31-28-32-40-64,65-41-33-29-34-42-65)66-43-35-30-36-44-66/h28-44,46-51,57-62,68-73H,45,52-56H2,1-27H3/t57-,58-,59-,60+,61-,62-,68+,69+,70-,71-,72-,73?/m0/s1. The molecule has 0 spiro atoms. The second-order valence-electron chi connectivity index (χ2n) is 33.2. The van der Waals surface area contributed by atoms with E-state index < -0.39 is 45.2 Å². The Morgan fingerprint density at radius 2 is 0.956 bits per heavy atom. The third kappa shape index (κ3) is 20.6. The van der Waals surface area contributed by atoms with Crippen molar-refractivity contribution in [2.75, 3.05) is 20.3 Å². The molecule has 1 heterocycles. The predicted octanol–water partition coefficient (Wildman–Crippen LogP) is 22.2. The summed E-state index contributed by atoms with van der Waals surface area (Å²) < 4.78 is 56.5. The van der Waals surface area contributed by atoms with Crippen molar-refractivity contribution in [3.05, 3.63) is 162 Å². The Balaban J connectivity index is 1.46. The van der Waals surface area contributed by atoms with Gasteiger partial charge in [-0.2, -0.15) is 0 Å². The summed E-state index contributed by atoms with van der Waals surface area (Å²) in [5.74, 6) is 2.13. The van der Waals surface area contributed by atoms with Crippen molar-refractivity contribution in [1.29, 1.82) is 0 Å². The van der Waals surface area contributed by atoms with Crippen molar-refractivity contribution in [3.63, 3.8) is 0 Å². The highest BCUT2D eigenvalue weighted by molar-refractivity contribution is 6.75. The molecular formula is C78H128O8Si4. The third-order valence-electron chi connectivity index (χ3n) is 21.7. The van der Waals surface area contributed by atoms with Crippen LogP contribution in [0.15, 0.2) is 140 Å². The number of benzene rings is 4. The monoisotopic (exact) mass is 1300 g/mol. The van der Waals surface area contributed by atoms with Crippen molar-refractivity contribution in [3.8, 4) is 5.75 Å². The fourth-order valence-corrected chi connectivity index (χ4v) is 17.3. The molecule has 0 aromatic heterocycles. The van der Waals surface area contributed by atoms with Crippen LogP contribution in [0.3, 0.4) is 0 Å². The molecular weight excluding hydrogens is 1180 g/mol. The van der Waals surface area contributed by atoms with E-state index in [0.29, 0.717) is 25.0 Å². The van der Waals surface area contributed by atoms with E-state index in [2.05, 4.69) is 304 Å². The lowest BCUT2D eigenvalue weighted by Crippen LogP contribution is -2.50. The minimum absolute atomic E-state index is 0.00698. The van der Waals surface area contributed by atoms with Gasteiger partial charge in [-0.15, -0.1) is 0 Å². The van der Waals surface area contributed by atoms with Crippen LogP contribution in [-0.4, -0.2) is 84.1 Å². The molecule has 5 rings (SSSR count). The van der Waals surface area contributed by atoms with Crippen LogP contribution in [0.4, 0.5) is 0 Å². The van der Waals surface area contributed by atoms with Crippen LogP contribution < -0.4 is 4.74 Å². The molecule has 4 aromatic carbocycles. The minimum Gasteiger partial charge on any atom is -0.497 e. The van der Waals surface area contributed by atoms with E-state index in [0.717, 1.165) is 53.7 Å². The molecule has 0 bridgehead atoms. The highest BCUT2D eigenvalue weighted by Gasteiger charge is 2.47. The first kappa shape index (κ1) is 77.5. The first-order chi connectivity index (χ1) is 41.6. The van der Waals surface area contributed by atoms with Crippen LogP contribution in [0.25, 0.3) is 0 Å². The van der Waals surface area contributed by atoms with Crippen molar-refractivity contribution < 1.29 is 36.7 Å². The van der Waals surface area contributed by atoms with Gasteiger partial charge in [0.2, 0.25) is 0 Å². The van der Waals surface area contributed by atoms with E-state index in [9.17, 15) is 0 Å². The van der Waals surface area contributed by atoms with Gasteiger partial charge in [-0.3, -0.25) is 0 Å². The lowest BCUT2D eigenvalue weighted by atomic mass is 9.80. The van der Waals surface area contributed by atoms with Gasteiger partial charge in [0.1, 0.15) is 11.4 Å². The lowest BCUT2D eigenvalue weighted by Gasteiger charge is -2.45. The van der Waals surface area contributed by atoms with Gasteiger partial charge in [-0.05, 0) is 144 Å². The summed E-state index contributed by atoms with van der Waals surface area (Å²) in [7, 11) is -7.27. The molecule has 12 atom stereocenters. The predicted molar refractivity (Wildman–Crippen MR) is 392 cm³/mol. The smallest absolute Gasteiger partial charge is 0.192 e. The highest BCUT2D eigenvalue weighted by Crippen LogP contribution is 2.46. The van der Waals surface area contributed by atoms with Crippen LogP contribution in [0.1, 0.15) is 179 Å². The zero-order valence-corrected chi connectivity index (χ0v) is 65.7. The molecule has 1 fully saturated rings. The third-order valence-corrected chi connectivity index (χ3v) is 39.7. The molecule has 4 aromatic rings. The van der Waals surface area contributed by atoms with Gasteiger partial charge in [0, 0.05) is 23.8 Å². The number of hydrogen-bond donors (Lipinski definition) is 0. The molecule has 0 radical (unpaired) electrons. The molecule has 1 aliphatic rings. The van der Waals surface area contributed by atoms with Crippen LogP contribution >= 0.6 is 0 Å². The van der Waals surface area contributed by atoms with Gasteiger partial charge in [0.25, 0.3) is 0 Å². The lowest BCUT2D eigenvalue weighted by molar-refractivity contribution is -0.255. The van der Waals surface area contributed by atoms with Gasteiger partial charge in [0.15, 0.2) is 39.6 Å². The molecule has 0 amide bonds. The number of hydrogen-bond acceptors (Lipinski definition) is 8. The molecule has 1 aliphatic heterocycles. The summed E-state index contributed by atoms with van der Waals surface area (Å²) in [5, 5.41) is 0.131. The maximum Gasteiger partial charge on any atom is 0.192 e. The van der Waals surface area contributed by atoms with E-state index in [-0.39, 0.29) is 74.3 Å². The molecule has 0 N–H and O–H groups in total. The van der Waals surface area contributed by atoms with E-state index >= 15 is 0 Å². The first-order valence-corrected chi connectivity index (χ1v) is 46.0. The number of methoxy groups -OCH3 is 1. The number of ether oxygens (including phenoxy) is 4. The van der Waals surface area contributed by atoms with Crippen molar-refractivity contribution >= 4 is 33.3 Å². The highest BCUT2D eigenvalue weighted by atomic mass is 28.4. The maximum absolute atomic E-state index is 7.68. The normalized spacial score (nSPS) is 20.3. The second-order valence-corrected chi connectivity index (χ2v) is 52.2. The van der Waals surface area contributed by atoms with Crippen LogP contribution in [-0.2, 0) is 37.5 Å². The van der Waals surface area contributed by atoms with Crippen molar-refractivity contribution in [1.82, 2.24) is 0 Å². The molecule has 0 saturated carbocycles. The SMILES string of the molecule is COc1ccc(C2OC[C@H](C)[C@@H]([C@@H](C)[C@@H](CC[C@H](C)C[C@@H](C)[C@@H](O[Si](C)(C)C(C)(C)C)[C@@H](C)C=C[C@H](C[C@H](O[Si](C)(C)C(C)(C)C)[C@@H](C)C=CCOC(c3ccccc3)(c3ccccc3)c3ccccc3)O[Si](C)(C)C(C)(C)C)O[Si](C)(C)C(C)(C)C)O2)cc1. The maximum atomic E-state index is 7.68. The quantitative estimate of drug-likeness (QED) is 0.0280. The Labute approximate surface area is 555 Å². The average Bonchev–Trinajstić information content (AvgIpc) is 0.819. The average molecular weight is 1310 g/mol. The van der Waals surface area contributed by atoms with E-state index in [1.54, 1.807) is 7.11 Å². The van der Waals surface area contributed by atoms with E-state index in [1.807, 2.05) is 12.1 Å². The topological polar surface area (TPSA) is 73.8 Å². The molecule has 1 saturated heterocycles. The largest absolute Gasteiger partial charge is 0.497 e. The van der Waals surface area contributed by atoms with E-state index in [1.165, 1.54) is 0 Å². The fraction of sp³-hybridized carbons (Fsp3) is 0.641.